The molecule has 1 heterocycles. The first-order chi connectivity index (χ1) is 10.2. The zero-order valence-electron chi connectivity index (χ0n) is 11.6. The second-order valence-electron chi connectivity index (χ2n) is 4.73. The number of halogens is 1. The third kappa shape index (κ3) is 3.20. The molecule has 2 aromatic carbocycles. The molecule has 0 saturated carbocycles. The van der Waals surface area contributed by atoms with Gasteiger partial charge in [-0.15, -0.1) is 10.2 Å². The van der Waals surface area contributed by atoms with Gasteiger partial charge in [-0.25, -0.2) is 0 Å². The van der Waals surface area contributed by atoms with E-state index in [0.29, 0.717) is 0 Å². The lowest BCUT2D eigenvalue weighted by Gasteiger charge is -2.02. The summed E-state index contributed by atoms with van der Waals surface area (Å²) in [4.78, 5) is 0. The minimum Gasteiger partial charge on any atom is -0.335 e. The fraction of sp³-hybridized carbons (Fsp3) is 0.0588. The molecule has 3 nitrogen and oxygen atoms in total. The van der Waals surface area contributed by atoms with Crippen molar-refractivity contribution in [2.75, 3.05) is 0 Å². The zero-order valence-corrected chi connectivity index (χ0v) is 12.3. The van der Waals surface area contributed by atoms with Gasteiger partial charge in [-0.05, 0) is 47.5 Å². The van der Waals surface area contributed by atoms with Crippen LogP contribution in [-0.2, 0) is 7.05 Å². The Hall–Kier alpha value is -2.39. The molecule has 21 heavy (non-hydrogen) atoms. The predicted octanol–water partition coefficient (Wildman–Crippen LogP) is 5.76. The SMILES string of the molecule is Cn1cccc1N=Nc1ccc(-c2ccc(Cl)cc2)cc1. The summed E-state index contributed by atoms with van der Waals surface area (Å²) < 4.78 is 1.92. The summed E-state index contributed by atoms with van der Waals surface area (Å²) in [5.74, 6) is 0.830. The highest BCUT2D eigenvalue weighted by Crippen LogP contribution is 2.25. The third-order valence-corrected chi connectivity index (χ3v) is 3.48. The summed E-state index contributed by atoms with van der Waals surface area (Å²) >= 11 is 5.90. The quantitative estimate of drug-likeness (QED) is 0.550. The first-order valence-electron chi connectivity index (χ1n) is 6.61. The molecule has 0 saturated heterocycles. The molecule has 3 rings (SSSR count). The molecule has 1 aromatic heterocycles. The second kappa shape index (κ2) is 5.94. The van der Waals surface area contributed by atoms with Gasteiger partial charge in [0.15, 0.2) is 5.82 Å². The predicted molar refractivity (Wildman–Crippen MR) is 86.5 cm³/mol. The Morgan fingerprint density at radius 3 is 2.00 bits per heavy atom. The Morgan fingerprint density at radius 2 is 1.43 bits per heavy atom. The average molecular weight is 296 g/mol. The molecule has 0 aliphatic carbocycles. The van der Waals surface area contributed by atoms with Gasteiger partial charge < -0.3 is 4.57 Å². The van der Waals surface area contributed by atoms with E-state index in [1.807, 2.05) is 78.5 Å². The van der Waals surface area contributed by atoms with Crippen LogP contribution in [0.25, 0.3) is 11.1 Å². The lowest BCUT2D eigenvalue weighted by molar-refractivity contribution is 0.910. The van der Waals surface area contributed by atoms with Crippen LogP contribution in [0.4, 0.5) is 11.5 Å². The molecule has 3 aromatic rings. The van der Waals surface area contributed by atoms with Crippen molar-refractivity contribution in [1.82, 2.24) is 4.57 Å². The minimum atomic E-state index is 0.742. The summed E-state index contributed by atoms with van der Waals surface area (Å²) in [5.41, 5.74) is 3.09. The Kier molecular flexibility index (Phi) is 3.84. The fourth-order valence-corrected chi connectivity index (χ4v) is 2.15. The molecule has 0 atom stereocenters. The lowest BCUT2D eigenvalue weighted by atomic mass is 10.1. The summed E-state index contributed by atoms with van der Waals surface area (Å²) in [7, 11) is 1.94. The highest BCUT2D eigenvalue weighted by atomic mass is 35.5. The smallest absolute Gasteiger partial charge is 0.154 e. The molecule has 104 valence electrons. The maximum atomic E-state index is 5.90. The molecule has 4 heteroatoms. The Bertz CT molecular complexity index is 755. The van der Waals surface area contributed by atoms with Gasteiger partial charge in [-0.1, -0.05) is 35.9 Å². The average Bonchev–Trinajstić information content (AvgIpc) is 2.92. The van der Waals surface area contributed by atoms with Crippen molar-refractivity contribution in [3.63, 3.8) is 0 Å². The number of rotatable bonds is 3. The zero-order chi connectivity index (χ0) is 14.7. The minimum absolute atomic E-state index is 0.742. The molecule has 0 radical (unpaired) electrons. The van der Waals surface area contributed by atoms with Gasteiger partial charge in [0.1, 0.15) is 0 Å². The van der Waals surface area contributed by atoms with Gasteiger partial charge in [0.2, 0.25) is 0 Å². The third-order valence-electron chi connectivity index (χ3n) is 3.23. The van der Waals surface area contributed by atoms with E-state index < -0.39 is 0 Å². The van der Waals surface area contributed by atoms with E-state index in [9.17, 15) is 0 Å². The number of benzene rings is 2. The molecule has 0 N–H and O–H groups in total. The second-order valence-corrected chi connectivity index (χ2v) is 5.17. The van der Waals surface area contributed by atoms with Gasteiger partial charge in [0, 0.05) is 18.3 Å². The van der Waals surface area contributed by atoms with Crippen molar-refractivity contribution in [2.45, 2.75) is 0 Å². The Balaban J connectivity index is 1.79. The van der Waals surface area contributed by atoms with Crippen LogP contribution < -0.4 is 0 Å². The van der Waals surface area contributed by atoms with Crippen molar-refractivity contribution < 1.29 is 0 Å². The molecule has 0 fully saturated rings. The molecule has 0 amide bonds. The molecule has 0 bridgehead atoms. The first-order valence-corrected chi connectivity index (χ1v) is 6.99. The van der Waals surface area contributed by atoms with Crippen molar-refractivity contribution >= 4 is 23.1 Å². The highest BCUT2D eigenvalue weighted by Gasteiger charge is 1.98. The van der Waals surface area contributed by atoms with Crippen LogP contribution in [0.15, 0.2) is 77.1 Å². The van der Waals surface area contributed by atoms with E-state index in [1.54, 1.807) is 0 Å². The maximum Gasteiger partial charge on any atom is 0.154 e. The van der Waals surface area contributed by atoms with Crippen molar-refractivity contribution in [2.24, 2.45) is 17.3 Å². The van der Waals surface area contributed by atoms with E-state index in [-0.39, 0.29) is 0 Å². The maximum absolute atomic E-state index is 5.90. The number of azo groups is 1. The standard InChI is InChI=1S/C17H14ClN3/c1-21-12-2-3-17(21)20-19-16-10-6-14(7-11-16)13-4-8-15(18)9-5-13/h2-12H,1H3. The summed E-state index contributed by atoms with van der Waals surface area (Å²) in [6.45, 7) is 0. The number of nitrogens with zero attached hydrogens (tertiary/aromatic N) is 3. The van der Waals surface area contributed by atoms with Crippen molar-refractivity contribution in [3.8, 4) is 11.1 Å². The van der Waals surface area contributed by atoms with Crippen LogP contribution in [0.2, 0.25) is 5.02 Å². The van der Waals surface area contributed by atoms with Gasteiger partial charge in [-0.2, -0.15) is 0 Å². The molecule has 0 spiro atoms. The van der Waals surface area contributed by atoms with E-state index in [0.717, 1.165) is 27.7 Å². The van der Waals surface area contributed by atoms with E-state index in [2.05, 4.69) is 10.2 Å². The molecule has 0 aliphatic rings. The monoisotopic (exact) mass is 295 g/mol. The van der Waals surface area contributed by atoms with Crippen molar-refractivity contribution in [1.29, 1.82) is 0 Å². The van der Waals surface area contributed by atoms with Gasteiger partial charge in [0.25, 0.3) is 0 Å². The first kappa shape index (κ1) is 13.6. The van der Waals surface area contributed by atoms with E-state index in [1.165, 1.54) is 0 Å². The number of hydrogen-bond donors (Lipinski definition) is 0. The number of aryl methyl sites for hydroxylation is 1. The number of aromatic nitrogens is 1. The van der Waals surface area contributed by atoms with Crippen LogP contribution in [0.1, 0.15) is 0 Å². The van der Waals surface area contributed by atoms with Crippen LogP contribution in [-0.4, -0.2) is 4.57 Å². The van der Waals surface area contributed by atoms with Crippen LogP contribution in [0, 0.1) is 0 Å². The van der Waals surface area contributed by atoms with Gasteiger partial charge in [-0.3, -0.25) is 0 Å². The van der Waals surface area contributed by atoms with Crippen LogP contribution in [0.3, 0.4) is 0 Å². The van der Waals surface area contributed by atoms with Gasteiger partial charge >= 0.3 is 0 Å². The van der Waals surface area contributed by atoms with Crippen LogP contribution >= 0.6 is 11.6 Å². The summed E-state index contributed by atoms with van der Waals surface area (Å²) in [6, 6.07) is 19.6. The van der Waals surface area contributed by atoms with E-state index in [4.69, 9.17) is 11.6 Å². The topological polar surface area (TPSA) is 29.6 Å². The molecular weight excluding hydrogens is 282 g/mol. The summed E-state index contributed by atoms with van der Waals surface area (Å²) in [5, 5.41) is 9.20. The Labute approximate surface area is 128 Å². The Morgan fingerprint density at radius 1 is 0.810 bits per heavy atom. The lowest BCUT2D eigenvalue weighted by Crippen LogP contribution is -1.80. The van der Waals surface area contributed by atoms with Crippen molar-refractivity contribution in [3.05, 3.63) is 71.9 Å². The molecular formula is C17H14ClN3. The highest BCUT2D eigenvalue weighted by molar-refractivity contribution is 6.30. The van der Waals surface area contributed by atoms with E-state index >= 15 is 0 Å². The normalized spacial score (nSPS) is 11.1. The molecule has 0 unspecified atom stereocenters. The summed E-state index contributed by atoms with van der Waals surface area (Å²) in [6.07, 6.45) is 1.94. The fourth-order valence-electron chi connectivity index (χ4n) is 2.03. The van der Waals surface area contributed by atoms with Gasteiger partial charge in [0.05, 0.1) is 5.69 Å². The molecule has 0 aliphatic heterocycles. The van der Waals surface area contributed by atoms with Crippen LogP contribution in [0.5, 0.6) is 0 Å². The number of hydrogen-bond acceptors (Lipinski definition) is 2. The largest absolute Gasteiger partial charge is 0.335 e.